The number of carbonyl (C=O) groups is 2. The predicted molar refractivity (Wildman–Crippen MR) is 125 cm³/mol. The van der Waals surface area contributed by atoms with Gasteiger partial charge in [-0.05, 0) is 68.9 Å². The van der Waals surface area contributed by atoms with Gasteiger partial charge in [-0.3, -0.25) is 9.59 Å². The smallest absolute Gasteiger partial charge is 0.256 e. The van der Waals surface area contributed by atoms with Gasteiger partial charge in [-0.25, -0.2) is 4.39 Å². The fraction of sp³-hybridized carbons (Fsp3) is 0.231. The largest absolute Gasteiger partial charge is 0.457 e. The van der Waals surface area contributed by atoms with E-state index >= 15 is 0 Å². The second-order valence-electron chi connectivity index (χ2n) is 8.52. The van der Waals surface area contributed by atoms with Gasteiger partial charge < -0.3 is 20.0 Å². The van der Waals surface area contributed by atoms with Gasteiger partial charge in [0.2, 0.25) is 0 Å². The van der Waals surface area contributed by atoms with E-state index in [1.807, 2.05) is 18.2 Å². The van der Waals surface area contributed by atoms with Crippen LogP contribution in [0.25, 0.3) is 23.0 Å². The van der Waals surface area contributed by atoms with Crippen molar-refractivity contribution in [3.63, 3.8) is 0 Å². The minimum absolute atomic E-state index is 0.113. The Morgan fingerprint density at radius 2 is 2.03 bits per heavy atom. The molecule has 1 aromatic heterocycles. The zero-order chi connectivity index (χ0) is 22.9. The van der Waals surface area contributed by atoms with Crippen molar-refractivity contribution in [3.05, 3.63) is 77.3 Å². The summed E-state index contributed by atoms with van der Waals surface area (Å²) in [4.78, 5) is 27.6. The molecule has 168 valence electrons. The Hall–Kier alpha value is -3.71. The molecule has 1 saturated heterocycles. The Kier molecular flexibility index (Phi) is 5.56. The Bertz CT molecular complexity index is 1260. The molecule has 2 aliphatic heterocycles. The molecule has 6 nitrogen and oxygen atoms in total. The van der Waals surface area contributed by atoms with E-state index in [9.17, 15) is 14.0 Å². The number of halogens is 1. The summed E-state index contributed by atoms with van der Waals surface area (Å²) in [6.45, 7) is 1.87. The number of hydrogen-bond acceptors (Lipinski definition) is 4. The van der Waals surface area contributed by atoms with Crippen molar-refractivity contribution in [2.45, 2.75) is 18.9 Å². The third-order valence-corrected chi connectivity index (χ3v) is 6.07. The average Bonchev–Trinajstić information content (AvgIpc) is 3.38. The predicted octanol–water partition coefficient (Wildman–Crippen LogP) is 4.40. The highest BCUT2D eigenvalue weighted by Gasteiger charge is 2.25. The van der Waals surface area contributed by atoms with Gasteiger partial charge in [-0.15, -0.1) is 0 Å². The number of hydrogen-bond donors (Lipinski definition) is 2. The highest BCUT2D eigenvalue weighted by Crippen LogP contribution is 2.35. The molecule has 3 aromatic rings. The molecule has 0 radical (unpaired) electrons. The maximum Gasteiger partial charge on any atom is 0.256 e. The lowest BCUT2D eigenvalue weighted by atomic mass is 10.0. The molecule has 1 fully saturated rings. The zero-order valence-electron chi connectivity index (χ0n) is 18.2. The monoisotopic (exact) mass is 445 g/mol. The van der Waals surface area contributed by atoms with E-state index in [0.717, 1.165) is 25.9 Å². The lowest BCUT2D eigenvalue weighted by Gasteiger charge is -2.30. The van der Waals surface area contributed by atoms with E-state index < -0.39 is 5.82 Å². The van der Waals surface area contributed by atoms with Crippen LogP contribution in [-0.4, -0.2) is 42.9 Å². The summed E-state index contributed by atoms with van der Waals surface area (Å²) in [5, 5.41) is 5.87. The molecule has 0 bridgehead atoms. The number of anilines is 1. The normalized spacial score (nSPS) is 19.4. The van der Waals surface area contributed by atoms with E-state index in [2.05, 4.69) is 22.6 Å². The number of amides is 2. The zero-order valence-corrected chi connectivity index (χ0v) is 18.2. The quantitative estimate of drug-likeness (QED) is 0.584. The maximum atomic E-state index is 13.7. The molecule has 33 heavy (non-hydrogen) atoms. The summed E-state index contributed by atoms with van der Waals surface area (Å²) < 4.78 is 19.7. The van der Waals surface area contributed by atoms with Gasteiger partial charge in [0.05, 0.1) is 11.1 Å². The second kappa shape index (κ2) is 8.67. The van der Waals surface area contributed by atoms with Crippen LogP contribution < -0.4 is 10.6 Å². The number of likely N-dealkylation sites (tertiary alicyclic amines) is 1. The summed E-state index contributed by atoms with van der Waals surface area (Å²) >= 11 is 0. The van der Waals surface area contributed by atoms with E-state index in [1.54, 1.807) is 24.3 Å². The van der Waals surface area contributed by atoms with Crippen LogP contribution in [0, 0.1) is 5.82 Å². The van der Waals surface area contributed by atoms with Gasteiger partial charge in [-0.2, -0.15) is 0 Å². The van der Waals surface area contributed by atoms with Crippen molar-refractivity contribution in [2.75, 3.05) is 25.5 Å². The number of carbonyl (C=O) groups excluding carboxylic acids is 2. The molecule has 1 atom stereocenters. The topological polar surface area (TPSA) is 74.6 Å². The van der Waals surface area contributed by atoms with Gasteiger partial charge in [0.15, 0.2) is 0 Å². The molecular formula is C26H24FN3O3. The fourth-order valence-electron chi connectivity index (χ4n) is 4.46. The molecule has 0 saturated carbocycles. The minimum atomic E-state index is -0.416. The van der Waals surface area contributed by atoms with E-state index in [-0.39, 0.29) is 17.9 Å². The number of fused-ring (bicyclic) bond motifs is 1. The van der Waals surface area contributed by atoms with E-state index in [4.69, 9.17) is 4.42 Å². The molecular weight excluding hydrogens is 421 g/mol. The number of benzene rings is 2. The van der Waals surface area contributed by atoms with Crippen molar-refractivity contribution >= 4 is 29.2 Å². The Morgan fingerprint density at radius 3 is 2.88 bits per heavy atom. The van der Waals surface area contributed by atoms with E-state index in [0.29, 0.717) is 39.5 Å². The van der Waals surface area contributed by atoms with Gasteiger partial charge >= 0.3 is 0 Å². The van der Waals surface area contributed by atoms with Crippen LogP contribution in [0.5, 0.6) is 0 Å². The summed E-state index contributed by atoms with van der Waals surface area (Å²) in [7, 11) is 2.06. The van der Waals surface area contributed by atoms with E-state index in [1.165, 1.54) is 18.2 Å². The molecule has 2 aliphatic rings. The summed E-state index contributed by atoms with van der Waals surface area (Å²) in [6, 6.07) is 15.1. The summed E-state index contributed by atoms with van der Waals surface area (Å²) in [5.74, 6) is 0.0931. The first-order chi connectivity index (χ1) is 16.0. The molecule has 2 N–H and O–H groups in total. The molecule has 2 aromatic carbocycles. The summed E-state index contributed by atoms with van der Waals surface area (Å²) in [5.41, 5.74) is 2.60. The van der Waals surface area contributed by atoms with Crippen molar-refractivity contribution < 1.29 is 18.4 Å². The molecule has 3 heterocycles. The van der Waals surface area contributed by atoms with Crippen LogP contribution in [-0.2, 0) is 4.79 Å². The third-order valence-electron chi connectivity index (χ3n) is 6.07. The number of rotatable bonds is 4. The van der Waals surface area contributed by atoms with Gasteiger partial charge in [0.25, 0.3) is 11.8 Å². The van der Waals surface area contributed by atoms with Gasteiger partial charge in [-0.1, -0.05) is 18.2 Å². The number of nitrogens with zero attached hydrogens (tertiary/aromatic N) is 1. The van der Waals surface area contributed by atoms with Crippen molar-refractivity contribution in [1.82, 2.24) is 10.2 Å². The van der Waals surface area contributed by atoms with Crippen molar-refractivity contribution in [1.29, 1.82) is 0 Å². The SMILES string of the molecule is CN1CCCC(NC(=O)c2ccccc2-c2ccc(/C=C3/C(=O)Nc4ccc(F)cc43)o2)C1. The second-order valence-corrected chi connectivity index (χ2v) is 8.52. The highest BCUT2D eigenvalue weighted by atomic mass is 19.1. The molecule has 5 rings (SSSR count). The number of piperidine rings is 1. The number of likely N-dealkylation sites (N-methyl/N-ethyl adjacent to an activating group) is 1. The van der Waals surface area contributed by atoms with Crippen LogP contribution in [0.1, 0.15) is 34.5 Å². The first kappa shape index (κ1) is 21.2. The maximum absolute atomic E-state index is 13.7. The van der Waals surface area contributed by atoms with Crippen molar-refractivity contribution in [2.24, 2.45) is 0 Å². The van der Waals surface area contributed by atoms with Crippen LogP contribution in [0.2, 0.25) is 0 Å². The Morgan fingerprint density at radius 1 is 1.18 bits per heavy atom. The first-order valence-electron chi connectivity index (χ1n) is 11.0. The Labute approximate surface area is 191 Å². The Balaban J connectivity index is 1.41. The molecule has 0 aliphatic carbocycles. The molecule has 0 spiro atoms. The standard InChI is InChI=1S/C26H24FN3O3/c1-30-12-4-5-17(15-30)28-25(31)20-7-3-2-6-19(20)24-11-9-18(33-24)14-22-21-13-16(27)8-10-23(21)29-26(22)32/h2-3,6-11,13-14,17H,4-5,12,15H2,1H3,(H,28,31)(H,29,32)/b22-14+. The third kappa shape index (κ3) is 4.32. The van der Waals surface area contributed by atoms with Gasteiger partial charge in [0.1, 0.15) is 17.3 Å². The first-order valence-corrected chi connectivity index (χ1v) is 11.0. The van der Waals surface area contributed by atoms with Gasteiger partial charge in [0, 0.05) is 29.4 Å². The fourth-order valence-corrected chi connectivity index (χ4v) is 4.46. The lowest BCUT2D eigenvalue weighted by Crippen LogP contribution is -2.46. The molecule has 2 amide bonds. The molecule has 7 heteroatoms. The molecule has 1 unspecified atom stereocenters. The summed E-state index contributed by atoms with van der Waals surface area (Å²) in [6.07, 6.45) is 3.60. The van der Waals surface area contributed by atoms with Crippen LogP contribution in [0.4, 0.5) is 10.1 Å². The number of furan rings is 1. The average molecular weight is 445 g/mol. The number of nitrogens with one attached hydrogen (secondary N) is 2. The highest BCUT2D eigenvalue weighted by molar-refractivity contribution is 6.34. The van der Waals surface area contributed by atoms with Crippen LogP contribution in [0.15, 0.2) is 59.0 Å². The van der Waals surface area contributed by atoms with Crippen LogP contribution >= 0.6 is 0 Å². The van der Waals surface area contributed by atoms with Crippen molar-refractivity contribution in [3.8, 4) is 11.3 Å². The minimum Gasteiger partial charge on any atom is -0.457 e. The lowest BCUT2D eigenvalue weighted by molar-refractivity contribution is -0.110. The van der Waals surface area contributed by atoms with Crippen LogP contribution in [0.3, 0.4) is 0 Å².